The molecule has 1 heterocycles. The lowest BCUT2D eigenvalue weighted by molar-refractivity contribution is -0.114. The van der Waals surface area contributed by atoms with Gasteiger partial charge in [0.25, 0.3) is 0 Å². The summed E-state index contributed by atoms with van der Waals surface area (Å²) in [7, 11) is 1.93. The highest BCUT2D eigenvalue weighted by Crippen LogP contribution is 2.23. The SMILES string of the molecule is CC(=O)Nc1ccc(NC(C)c2ccnn2C)cc1C. The first kappa shape index (κ1) is 14.1. The molecule has 1 amide bonds. The first-order valence-corrected chi connectivity index (χ1v) is 6.60. The minimum absolute atomic E-state index is 0.0583. The molecule has 2 rings (SSSR count). The quantitative estimate of drug-likeness (QED) is 0.899. The molecule has 5 heteroatoms. The van der Waals surface area contributed by atoms with Crippen molar-refractivity contribution in [3.8, 4) is 0 Å². The molecule has 0 aliphatic heterocycles. The van der Waals surface area contributed by atoms with Crippen molar-refractivity contribution in [2.45, 2.75) is 26.8 Å². The van der Waals surface area contributed by atoms with Gasteiger partial charge in [0, 0.05) is 31.5 Å². The van der Waals surface area contributed by atoms with Crippen LogP contribution in [0.2, 0.25) is 0 Å². The van der Waals surface area contributed by atoms with Gasteiger partial charge in [0.2, 0.25) is 5.91 Å². The van der Waals surface area contributed by atoms with Crippen LogP contribution >= 0.6 is 0 Å². The van der Waals surface area contributed by atoms with Crippen molar-refractivity contribution < 1.29 is 4.79 Å². The van der Waals surface area contributed by atoms with Gasteiger partial charge in [0.1, 0.15) is 0 Å². The lowest BCUT2D eigenvalue weighted by atomic mass is 10.1. The van der Waals surface area contributed by atoms with E-state index in [1.54, 1.807) is 6.20 Å². The predicted octanol–water partition coefficient (Wildman–Crippen LogP) is 2.86. The molecular weight excluding hydrogens is 252 g/mol. The highest BCUT2D eigenvalue weighted by molar-refractivity contribution is 5.89. The zero-order valence-corrected chi connectivity index (χ0v) is 12.3. The van der Waals surface area contributed by atoms with Gasteiger partial charge < -0.3 is 10.6 Å². The molecule has 5 nitrogen and oxygen atoms in total. The van der Waals surface area contributed by atoms with Crippen LogP contribution in [0.3, 0.4) is 0 Å². The number of aromatic nitrogens is 2. The Kier molecular flexibility index (Phi) is 4.08. The summed E-state index contributed by atoms with van der Waals surface area (Å²) in [5.41, 5.74) is 4.01. The van der Waals surface area contributed by atoms with E-state index in [0.717, 1.165) is 22.6 Å². The Balaban J connectivity index is 2.12. The van der Waals surface area contributed by atoms with E-state index in [-0.39, 0.29) is 11.9 Å². The average molecular weight is 272 g/mol. The van der Waals surface area contributed by atoms with Crippen LogP contribution in [-0.2, 0) is 11.8 Å². The average Bonchev–Trinajstić information content (AvgIpc) is 2.78. The van der Waals surface area contributed by atoms with Crippen molar-refractivity contribution in [3.05, 3.63) is 41.7 Å². The summed E-state index contributed by atoms with van der Waals surface area (Å²) in [5.74, 6) is -0.0583. The highest BCUT2D eigenvalue weighted by Gasteiger charge is 2.10. The van der Waals surface area contributed by atoms with Gasteiger partial charge in [-0.1, -0.05) is 0 Å². The molecule has 2 N–H and O–H groups in total. The van der Waals surface area contributed by atoms with Gasteiger partial charge in [-0.2, -0.15) is 5.10 Å². The third-order valence-corrected chi connectivity index (χ3v) is 3.22. The Morgan fingerprint density at radius 2 is 2.10 bits per heavy atom. The number of carbonyl (C=O) groups excluding carboxylic acids is 1. The second-order valence-corrected chi connectivity index (χ2v) is 4.96. The number of benzene rings is 1. The number of amides is 1. The van der Waals surface area contributed by atoms with Crippen LogP contribution in [0, 0.1) is 6.92 Å². The van der Waals surface area contributed by atoms with Crippen molar-refractivity contribution in [2.75, 3.05) is 10.6 Å². The minimum Gasteiger partial charge on any atom is -0.377 e. The molecule has 0 saturated carbocycles. The Hall–Kier alpha value is -2.30. The lowest BCUT2D eigenvalue weighted by Crippen LogP contribution is -2.12. The van der Waals surface area contributed by atoms with Crippen LogP contribution in [0.5, 0.6) is 0 Å². The number of carbonyl (C=O) groups is 1. The fraction of sp³-hybridized carbons (Fsp3) is 0.333. The molecule has 1 atom stereocenters. The van der Waals surface area contributed by atoms with Crippen LogP contribution in [0.1, 0.15) is 31.1 Å². The van der Waals surface area contributed by atoms with E-state index in [9.17, 15) is 4.79 Å². The molecule has 0 fully saturated rings. The number of nitrogens with one attached hydrogen (secondary N) is 2. The Morgan fingerprint density at radius 3 is 2.65 bits per heavy atom. The maximum atomic E-state index is 11.1. The van der Waals surface area contributed by atoms with Crippen molar-refractivity contribution in [3.63, 3.8) is 0 Å². The van der Waals surface area contributed by atoms with E-state index in [1.807, 2.05) is 42.9 Å². The van der Waals surface area contributed by atoms with Crippen molar-refractivity contribution >= 4 is 17.3 Å². The molecule has 2 aromatic rings. The van der Waals surface area contributed by atoms with Gasteiger partial charge in [-0.05, 0) is 43.7 Å². The monoisotopic (exact) mass is 272 g/mol. The molecule has 0 spiro atoms. The zero-order valence-electron chi connectivity index (χ0n) is 12.3. The lowest BCUT2D eigenvalue weighted by Gasteiger charge is -2.17. The number of rotatable bonds is 4. The molecule has 106 valence electrons. The third-order valence-electron chi connectivity index (χ3n) is 3.22. The fourth-order valence-corrected chi connectivity index (χ4v) is 2.22. The molecule has 20 heavy (non-hydrogen) atoms. The summed E-state index contributed by atoms with van der Waals surface area (Å²) in [6, 6.07) is 8.06. The fourth-order valence-electron chi connectivity index (χ4n) is 2.22. The predicted molar refractivity (Wildman–Crippen MR) is 80.7 cm³/mol. The smallest absolute Gasteiger partial charge is 0.221 e. The number of hydrogen-bond donors (Lipinski definition) is 2. The summed E-state index contributed by atoms with van der Waals surface area (Å²) in [4.78, 5) is 11.1. The molecule has 1 unspecified atom stereocenters. The first-order valence-electron chi connectivity index (χ1n) is 6.60. The van der Waals surface area contributed by atoms with Crippen LogP contribution in [-0.4, -0.2) is 15.7 Å². The summed E-state index contributed by atoms with van der Waals surface area (Å²) < 4.78 is 1.86. The molecule has 1 aromatic carbocycles. The topological polar surface area (TPSA) is 59.0 Å². The van der Waals surface area contributed by atoms with Crippen LogP contribution in [0.15, 0.2) is 30.5 Å². The largest absolute Gasteiger partial charge is 0.377 e. The molecule has 0 bridgehead atoms. The van der Waals surface area contributed by atoms with E-state index >= 15 is 0 Å². The standard InChI is InChI=1S/C15H20N4O/c1-10-9-13(5-6-14(10)18-12(3)20)17-11(2)15-7-8-16-19(15)4/h5-9,11,17H,1-4H3,(H,18,20). The van der Waals surface area contributed by atoms with Gasteiger partial charge in [-0.15, -0.1) is 0 Å². The first-order chi connectivity index (χ1) is 9.47. The molecule has 0 aliphatic carbocycles. The second-order valence-electron chi connectivity index (χ2n) is 4.96. The van der Waals surface area contributed by atoms with E-state index in [2.05, 4.69) is 22.7 Å². The maximum Gasteiger partial charge on any atom is 0.221 e. The normalized spacial score (nSPS) is 12.0. The maximum absolute atomic E-state index is 11.1. The molecule has 0 saturated heterocycles. The number of aryl methyl sites for hydroxylation is 2. The Morgan fingerprint density at radius 1 is 1.35 bits per heavy atom. The van der Waals surface area contributed by atoms with E-state index < -0.39 is 0 Å². The van der Waals surface area contributed by atoms with Crippen LogP contribution in [0.25, 0.3) is 0 Å². The van der Waals surface area contributed by atoms with Gasteiger partial charge in [-0.25, -0.2) is 0 Å². The van der Waals surface area contributed by atoms with E-state index in [0.29, 0.717) is 0 Å². The Labute approximate surface area is 119 Å². The van der Waals surface area contributed by atoms with Gasteiger partial charge in [0.05, 0.1) is 11.7 Å². The number of hydrogen-bond acceptors (Lipinski definition) is 3. The minimum atomic E-state index is -0.0583. The van der Waals surface area contributed by atoms with Crippen molar-refractivity contribution in [1.29, 1.82) is 0 Å². The highest BCUT2D eigenvalue weighted by atomic mass is 16.1. The summed E-state index contributed by atoms with van der Waals surface area (Å²) >= 11 is 0. The summed E-state index contributed by atoms with van der Waals surface area (Å²) in [6.07, 6.45) is 1.79. The second kappa shape index (κ2) is 5.77. The van der Waals surface area contributed by atoms with Gasteiger partial charge >= 0.3 is 0 Å². The zero-order chi connectivity index (χ0) is 14.7. The summed E-state index contributed by atoms with van der Waals surface area (Å²) in [6.45, 7) is 5.58. The van der Waals surface area contributed by atoms with Crippen molar-refractivity contribution in [2.24, 2.45) is 7.05 Å². The Bertz CT molecular complexity index is 618. The van der Waals surface area contributed by atoms with Crippen LogP contribution in [0.4, 0.5) is 11.4 Å². The molecule has 1 aromatic heterocycles. The van der Waals surface area contributed by atoms with E-state index in [4.69, 9.17) is 0 Å². The number of nitrogens with zero attached hydrogens (tertiary/aromatic N) is 2. The van der Waals surface area contributed by atoms with Gasteiger partial charge in [0.15, 0.2) is 0 Å². The number of anilines is 2. The molecule has 0 radical (unpaired) electrons. The molecule has 0 aliphatic rings. The van der Waals surface area contributed by atoms with Crippen molar-refractivity contribution in [1.82, 2.24) is 9.78 Å². The van der Waals surface area contributed by atoms with Crippen LogP contribution < -0.4 is 10.6 Å². The third kappa shape index (κ3) is 3.17. The van der Waals surface area contributed by atoms with Gasteiger partial charge in [-0.3, -0.25) is 9.48 Å². The molecular formula is C15H20N4O. The summed E-state index contributed by atoms with van der Waals surface area (Å²) in [5, 5.41) is 10.4. The van der Waals surface area contributed by atoms with E-state index in [1.165, 1.54) is 6.92 Å².